The van der Waals surface area contributed by atoms with Crippen LogP contribution in [0, 0.1) is 12.8 Å². The molecule has 1 heterocycles. The Morgan fingerprint density at radius 1 is 1.56 bits per heavy atom. The van der Waals surface area contributed by atoms with Crippen molar-refractivity contribution in [2.24, 2.45) is 5.92 Å². The summed E-state index contributed by atoms with van der Waals surface area (Å²) in [6.45, 7) is 6.16. The van der Waals surface area contributed by atoms with E-state index in [0.717, 1.165) is 16.8 Å². The molecule has 1 aromatic rings. The van der Waals surface area contributed by atoms with Gasteiger partial charge in [0, 0.05) is 18.0 Å². The molecule has 0 unspecified atom stereocenters. The molecule has 88 valence electrons. The number of nitrogens with zero attached hydrogens (tertiary/aromatic N) is 1. The number of alkyl halides is 1. The van der Waals surface area contributed by atoms with Crippen LogP contribution in [0.4, 0.5) is 0 Å². The number of nitrogens with one attached hydrogen (secondary N) is 1. The summed E-state index contributed by atoms with van der Waals surface area (Å²) in [5.74, 6) is 0.445. The number of aryl methyl sites for hydroxylation is 1. The molecule has 0 aliphatic rings. The minimum absolute atomic E-state index is 0.00994. The molecule has 0 bridgehead atoms. The summed E-state index contributed by atoms with van der Waals surface area (Å²) in [6, 6.07) is 1.92. The largest absolute Gasteiger partial charge is 0.350 e. The summed E-state index contributed by atoms with van der Waals surface area (Å²) in [4.78, 5) is 15.7. The van der Waals surface area contributed by atoms with Gasteiger partial charge in [-0.15, -0.1) is 11.6 Å². The highest BCUT2D eigenvalue weighted by molar-refractivity contribution is 6.17. The Morgan fingerprint density at radius 3 is 2.81 bits per heavy atom. The first-order valence-corrected chi connectivity index (χ1v) is 5.86. The van der Waals surface area contributed by atoms with Crippen molar-refractivity contribution in [3.8, 4) is 0 Å². The Hall–Kier alpha value is -1.09. The van der Waals surface area contributed by atoms with Crippen LogP contribution >= 0.6 is 11.6 Å². The van der Waals surface area contributed by atoms with Gasteiger partial charge < -0.3 is 5.32 Å². The number of aromatic nitrogens is 1. The third-order valence-corrected chi connectivity index (χ3v) is 2.73. The molecule has 3 nitrogen and oxygen atoms in total. The van der Waals surface area contributed by atoms with Crippen LogP contribution in [0.5, 0.6) is 0 Å². The fraction of sp³-hybridized carbons (Fsp3) is 0.500. The molecule has 0 atom stereocenters. The summed E-state index contributed by atoms with van der Waals surface area (Å²) in [6.07, 6.45) is 1.74. The van der Waals surface area contributed by atoms with Crippen LogP contribution in [0.15, 0.2) is 12.3 Å². The van der Waals surface area contributed by atoms with Crippen LogP contribution in [-0.4, -0.2) is 10.9 Å². The number of hydrogen-bond acceptors (Lipinski definition) is 2. The molecule has 0 spiro atoms. The van der Waals surface area contributed by atoms with E-state index in [2.05, 4.69) is 10.3 Å². The van der Waals surface area contributed by atoms with E-state index in [1.54, 1.807) is 6.20 Å². The predicted molar refractivity (Wildman–Crippen MR) is 65.2 cm³/mol. The van der Waals surface area contributed by atoms with Crippen molar-refractivity contribution in [1.29, 1.82) is 0 Å². The highest BCUT2D eigenvalue weighted by Gasteiger charge is 2.09. The van der Waals surface area contributed by atoms with Gasteiger partial charge in [0.25, 0.3) is 0 Å². The Bertz CT molecular complexity index is 377. The van der Waals surface area contributed by atoms with Crippen LogP contribution < -0.4 is 5.32 Å². The lowest BCUT2D eigenvalue weighted by Gasteiger charge is -2.11. The number of pyridine rings is 1. The summed E-state index contributed by atoms with van der Waals surface area (Å²) in [5, 5.41) is 2.84. The first-order chi connectivity index (χ1) is 7.56. The monoisotopic (exact) mass is 240 g/mol. The van der Waals surface area contributed by atoms with Crippen molar-refractivity contribution in [3.63, 3.8) is 0 Å². The maximum absolute atomic E-state index is 11.4. The van der Waals surface area contributed by atoms with Crippen LogP contribution in [0.2, 0.25) is 0 Å². The third kappa shape index (κ3) is 3.20. The van der Waals surface area contributed by atoms with Crippen molar-refractivity contribution >= 4 is 17.5 Å². The molecule has 0 fully saturated rings. The van der Waals surface area contributed by atoms with Crippen molar-refractivity contribution < 1.29 is 4.79 Å². The highest BCUT2D eigenvalue weighted by Crippen LogP contribution is 2.14. The van der Waals surface area contributed by atoms with Crippen LogP contribution in [0.3, 0.4) is 0 Å². The molecule has 16 heavy (non-hydrogen) atoms. The van der Waals surface area contributed by atoms with Gasteiger partial charge in [0.1, 0.15) is 0 Å². The van der Waals surface area contributed by atoms with Crippen LogP contribution in [-0.2, 0) is 17.2 Å². The average Bonchev–Trinajstić information content (AvgIpc) is 2.25. The van der Waals surface area contributed by atoms with E-state index < -0.39 is 0 Å². The van der Waals surface area contributed by atoms with Crippen LogP contribution in [0.1, 0.15) is 30.7 Å². The van der Waals surface area contributed by atoms with Crippen molar-refractivity contribution in [2.45, 2.75) is 33.2 Å². The number of carbonyl (C=O) groups excluding carboxylic acids is 1. The molecule has 1 N–H and O–H groups in total. The smallest absolute Gasteiger partial charge is 0.222 e. The standard InChI is InChI=1S/C12H17ClN2O/c1-8(2)12(16)15-7-11-10(6-13)9(3)4-5-14-11/h4-5,8H,6-7H2,1-3H3,(H,15,16). The van der Waals surface area contributed by atoms with Crippen molar-refractivity contribution in [1.82, 2.24) is 10.3 Å². The molecule has 0 aromatic carbocycles. The quantitative estimate of drug-likeness (QED) is 0.822. The lowest BCUT2D eigenvalue weighted by atomic mass is 10.1. The van der Waals surface area contributed by atoms with E-state index >= 15 is 0 Å². The van der Waals surface area contributed by atoms with E-state index in [4.69, 9.17) is 11.6 Å². The first kappa shape index (κ1) is 13.0. The van der Waals surface area contributed by atoms with Gasteiger partial charge in [0.05, 0.1) is 12.2 Å². The molecular weight excluding hydrogens is 224 g/mol. The molecular formula is C12H17ClN2O. The first-order valence-electron chi connectivity index (χ1n) is 5.33. The van der Waals surface area contributed by atoms with E-state index in [1.165, 1.54) is 0 Å². The molecule has 1 amide bonds. The summed E-state index contributed by atoms with van der Waals surface area (Å²) in [7, 11) is 0. The Kier molecular flexibility index (Phi) is 4.74. The second-order valence-corrected chi connectivity index (χ2v) is 4.33. The highest BCUT2D eigenvalue weighted by atomic mass is 35.5. The van der Waals surface area contributed by atoms with Gasteiger partial charge >= 0.3 is 0 Å². The second kappa shape index (κ2) is 5.85. The number of amides is 1. The van der Waals surface area contributed by atoms with E-state index in [-0.39, 0.29) is 11.8 Å². The maximum atomic E-state index is 11.4. The van der Waals surface area contributed by atoms with Crippen molar-refractivity contribution in [2.75, 3.05) is 0 Å². The van der Waals surface area contributed by atoms with Crippen molar-refractivity contribution in [3.05, 3.63) is 29.1 Å². The predicted octanol–water partition coefficient (Wildman–Crippen LogP) is 2.40. The number of carbonyl (C=O) groups is 1. The molecule has 0 aliphatic carbocycles. The summed E-state index contributed by atoms with van der Waals surface area (Å²) < 4.78 is 0. The average molecular weight is 241 g/mol. The minimum atomic E-state index is -0.00994. The Morgan fingerprint density at radius 2 is 2.25 bits per heavy atom. The van der Waals surface area contributed by atoms with Crippen LogP contribution in [0.25, 0.3) is 0 Å². The molecule has 0 saturated heterocycles. The van der Waals surface area contributed by atoms with Gasteiger partial charge in [0.2, 0.25) is 5.91 Å². The van der Waals surface area contributed by atoms with Gasteiger partial charge in [-0.05, 0) is 24.1 Å². The number of rotatable bonds is 4. The molecule has 1 aromatic heterocycles. The Labute approximate surface area is 101 Å². The fourth-order valence-electron chi connectivity index (χ4n) is 1.35. The molecule has 0 saturated carbocycles. The zero-order valence-corrected chi connectivity index (χ0v) is 10.6. The lowest BCUT2D eigenvalue weighted by molar-refractivity contribution is -0.124. The summed E-state index contributed by atoms with van der Waals surface area (Å²) in [5.41, 5.74) is 2.97. The third-order valence-electron chi connectivity index (χ3n) is 2.47. The van der Waals surface area contributed by atoms with Gasteiger partial charge in [-0.2, -0.15) is 0 Å². The zero-order valence-electron chi connectivity index (χ0n) is 9.88. The normalized spacial score (nSPS) is 10.6. The van der Waals surface area contributed by atoms with E-state index in [9.17, 15) is 4.79 Å². The number of hydrogen-bond donors (Lipinski definition) is 1. The lowest BCUT2D eigenvalue weighted by Crippen LogP contribution is -2.28. The van der Waals surface area contributed by atoms with E-state index in [0.29, 0.717) is 12.4 Å². The minimum Gasteiger partial charge on any atom is -0.350 e. The Balaban J connectivity index is 2.74. The molecule has 0 radical (unpaired) electrons. The molecule has 1 rings (SSSR count). The van der Waals surface area contributed by atoms with Gasteiger partial charge in [-0.3, -0.25) is 9.78 Å². The summed E-state index contributed by atoms with van der Waals surface area (Å²) >= 11 is 5.86. The SMILES string of the molecule is Cc1ccnc(CNC(=O)C(C)C)c1CCl. The zero-order chi connectivity index (χ0) is 12.1. The van der Waals surface area contributed by atoms with Gasteiger partial charge in [-0.1, -0.05) is 13.8 Å². The topological polar surface area (TPSA) is 42.0 Å². The van der Waals surface area contributed by atoms with E-state index in [1.807, 2.05) is 26.8 Å². The second-order valence-electron chi connectivity index (χ2n) is 4.06. The fourth-order valence-corrected chi connectivity index (χ4v) is 1.72. The maximum Gasteiger partial charge on any atom is 0.222 e. The van der Waals surface area contributed by atoms with Gasteiger partial charge in [-0.25, -0.2) is 0 Å². The molecule has 4 heteroatoms. The number of halogens is 1. The van der Waals surface area contributed by atoms with Gasteiger partial charge in [0.15, 0.2) is 0 Å². The molecule has 0 aliphatic heterocycles.